The summed E-state index contributed by atoms with van der Waals surface area (Å²) in [6.45, 7) is 0.844. The minimum absolute atomic E-state index is 0.000738. The maximum absolute atomic E-state index is 14.8. The summed E-state index contributed by atoms with van der Waals surface area (Å²) in [5.74, 6) is -2.44. The molecule has 2 aliphatic heterocycles. The average molecular weight is 528 g/mol. The topological polar surface area (TPSA) is 97.6 Å². The Morgan fingerprint density at radius 2 is 1.69 bits per heavy atom. The molecular formula is C29H23F2N5O3. The molecule has 2 N–H and O–H groups in total. The molecular weight excluding hydrogens is 504 g/mol. The number of nitrogens with zero attached hydrogens (tertiary/aromatic N) is 3. The number of benzodiazepines with no additional fused rings is 1. The van der Waals surface area contributed by atoms with E-state index >= 15 is 0 Å². The maximum Gasteiger partial charge on any atom is 0.269 e. The van der Waals surface area contributed by atoms with Gasteiger partial charge in [0, 0.05) is 23.2 Å². The van der Waals surface area contributed by atoms with Crippen LogP contribution in [0.25, 0.3) is 11.3 Å². The number of carbonyl (C=O) groups excluding carboxylic acids is 2. The monoisotopic (exact) mass is 527 g/mol. The second-order valence-electron chi connectivity index (χ2n) is 9.16. The SMILES string of the molecule is O=C(N[C@H]1N=C(c2ccccc2)c2cccc(F)c2NC1=O)c1c(-c2ccccc2F)nn2c1OCCCC2. The van der Waals surface area contributed by atoms with E-state index in [9.17, 15) is 18.4 Å². The summed E-state index contributed by atoms with van der Waals surface area (Å²) >= 11 is 0. The number of carbonyl (C=O) groups is 2. The largest absolute Gasteiger partial charge is 0.477 e. The molecule has 0 unspecified atom stereocenters. The first-order chi connectivity index (χ1) is 19.0. The van der Waals surface area contributed by atoms with Gasteiger partial charge in [-0.15, -0.1) is 0 Å². The first-order valence-electron chi connectivity index (χ1n) is 12.5. The number of benzene rings is 3. The third kappa shape index (κ3) is 4.54. The molecule has 0 spiro atoms. The summed E-state index contributed by atoms with van der Waals surface area (Å²) in [6, 6.07) is 19.4. The van der Waals surface area contributed by atoms with Gasteiger partial charge >= 0.3 is 0 Å². The summed E-state index contributed by atoms with van der Waals surface area (Å²) in [4.78, 5) is 31.6. The van der Waals surface area contributed by atoms with Crippen LogP contribution in [0.4, 0.5) is 14.5 Å². The van der Waals surface area contributed by atoms with Crippen LogP contribution in [-0.4, -0.2) is 40.1 Å². The number of hydrogen-bond donors (Lipinski definition) is 2. The second kappa shape index (κ2) is 10.1. The van der Waals surface area contributed by atoms with Gasteiger partial charge in [0.1, 0.15) is 22.9 Å². The van der Waals surface area contributed by atoms with E-state index in [1.54, 1.807) is 47.1 Å². The number of nitrogens with one attached hydrogen (secondary N) is 2. The van der Waals surface area contributed by atoms with Crippen molar-refractivity contribution in [1.82, 2.24) is 15.1 Å². The highest BCUT2D eigenvalue weighted by Crippen LogP contribution is 2.34. The maximum atomic E-state index is 14.8. The molecule has 1 atom stereocenters. The molecule has 1 aromatic heterocycles. The van der Waals surface area contributed by atoms with Crippen LogP contribution in [0.5, 0.6) is 5.88 Å². The highest BCUT2D eigenvalue weighted by molar-refractivity contribution is 6.20. The Balaban J connectivity index is 1.44. The van der Waals surface area contributed by atoms with Crippen molar-refractivity contribution in [2.45, 2.75) is 25.6 Å². The molecule has 0 saturated heterocycles. The van der Waals surface area contributed by atoms with Gasteiger partial charge in [0.25, 0.3) is 11.8 Å². The van der Waals surface area contributed by atoms with Crippen LogP contribution in [0, 0.1) is 11.6 Å². The molecule has 39 heavy (non-hydrogen) atoms. The van der Waals surface area contributed by atoms with Crippen molar-refractivity contribution < 1.29 is 23.1 Å². The Bertz CT molecular complexity index is 1620. The van der Waals surface area contributed by atoms with Crippen LogP contribution >= 0.6 is 0 Å². The lowest BCUT2D eigenvalue weighted by Gasteiger charge is -2.14. The molecule has 2 amide bonds. The number of fused-ring (bicyclic) bond motifs is 2. The Morgan fingerprint density at radius 3 is 2.51 bits per heavy atom. The number of rotatable bonds is 4. The number of ether oxygens (including phenoxy) is 1. The van der Waals surface area contributed by atoms with E-state index in [0.717, 1.165) is 12.8 Å². The van der Waals surface area contributed by atoms with Gasteiger partial charge in [-0.05, 0) is 31.0 Å². The van der Waals surface area contributed by atoms with Crippen LogP contribution in [-0.2, 0) is 11.3 Å². The molecule has 3 aromatic carbocycles. The Morgan fingerprint density at radius 1 is 0.949 bits per heavy atom. The number of anilines is 1. The molecule has 6 rings (SSSR count). The van der Waals surface area contributed by atoms with E-state index in [0.29, 0.717) is 30.0 Å². The van der Waals surface area contributed by atoms with E-state index < -0.39 is 29.6 Å². The highest BCUT2D eigenvalue weighted by Gasteiger charge is 2.33. The molecule has 8 nitrogen and oxygen atoms in total. The molecule has 0 radical (unpaired) electrons. The number of aryl methyl sites for hydroxylation is 1. The normalized spacial score (nSPS) is 16.5. The predicted octanol–water partition coefficient (Wildman–Crippen LogP) is 4.55. The van der Waals surface area contributed by atoms with E-state index in [4.69, 9.17) is 4.74 Å². The fraction of sp³-hybridized carbons (Fsp3) is 0.172. The van der Waals surface area contributed by atoms with Crippen LogP contribution < -0.4 is 15.4 Å². The lowest BCUT2D eigenvalue weighted by atomic mass is 10.0. The van der Waals surface area contributed by atoms with Crippen molar-refractivity contribution >= 4 is 23.2 Å². The number of amides is 2. The zero-order valence-electron chi connectivity index (χ0n) is 20.7. The van der Waals surface area contributed by atoms with E-state index in [-0.39, 0.29) is 28.4 Å². The zero-order chi connectivity index (χ0) is 26.9. The van der Waals surface area contributed by atoms with Gasteiger partial charge in [-0.2, -0.15) is 5.10 Å². The minimum Gasteiger partial charge on any atom is -0.477 e. The van der Waals surface area contributed by atoms with Crippen molar-refractivity contribution in [3.8, 4) is 17.1 Å². The Kier molecular flexibility index (Phi) is 6.36. The minimum atomic E-state index is -1.42. The molecule has 4 aromatic rings. The van der Waals surface area contributed by atoms with Crippen LogP contribution in [0.2, 0.25) is 0 Å². The highest BCUT2D eigenvalue weighted by atomic mass is 19.1. The third-order valence-corrected chi connectivity index (χ3v) is 6.60. The number of hydrogen-bond acceptors (Lipinski definition) is 5. The number of para-hydroxylation sites is 1. The van der Waals surface area contributed by atoms with Crippen LogP contribution in [0.3, 0.4) is 0 Å². The first-order valence-corrected chi connectivity index (χ1v) is 12.5. The van der Waals surface area contributed by atoms with Gasteiger partial charge in [0.2, 0.25) is 12.0 Å². The van der Waals surface area contributed by atoms with E-state index in [2.05, 4.69) is 20.7 Å². The summed E-state index contributed by atoms with van der Waals surface area (Å²) in [6.07, 6.45) is 0.111. The van der Waals surface area contributed by atoms with Gasteiger partial charge < -0.3 is 15.4 Å². The first kappa shape index (κ1) is 24.5. The van der Waals surface area contributed by atoms with Gasteiger partial charge in [0.15, 0.2) is 0 Å². The molecule has 2 aliphatic rings. The quantitative estimate of drug-likeness (QED) is 0.407. The predicted molar refractivity (Wildman–Crippen MR) is 141 cm³/mol. The summed E-state index contributed by atoms with van der Waals surface area (Å²) in [5.41, 5.74) is 1.53. The van der Waals surface area contributed by atoms with Crippen LogP contribution in [0.1, 0.15) is 34.3 Å². The van der Waals surface area contributed by atoms with Crippen molar-refractivity contribution in [1.29, 1.82) is 0 Å². The van der Waals surface area contributed by atoms with Crippen molar-refractivity contribution in [2.24, 2.45) is 4.99 Å². The van der Waals surface area contributed by atoms with Gasteiger partial charge in [0.05, 0.1) is 18.0 Å². The summed E-state index contributed by atoms with van der Waals surface area (Å²) in [7, 11) is 0. The average Bonchev–Trinajstić information content (AvgIpc) is 3.05. The molecule has 0 fully saturated rings. The third-order valence-electron chi connectivity index (χ3n) is 6.60. The zero-order valence-corrected chi connectivity index (χ0v) is 20.7. The number of aromatic nitrogens is 2. The lowest BCUT2D eigenvalue weighted by molar-refractivity contribution is -0.117. The molecule has 0 saturated carbocycles. The number of aliphatic imine (C=N–C) groups is 1. The molecule has 3 heterocycles. The smallest absolute Gasteiger partial charge is 0.269 e. The van der Waals surface area contributed by atoms with E-state index in [1.807, 2.05) is 6.07 Å². The van der Waals surface area contributed by atoms with Crippen molar-refractivity contribution in [3.63, 3.8) is 0 Å². The fourth-order valence-corrected chi connectivity index (χ4v) is 4.74. The summed E-state index contributed by atoms with van der Waals surface area (Å²) < 4.78 is 37.0. The lowest BCUT2D eigenvalue weighted by Crippen LogP contribution is -2.42. The molecule has 10 heteroatoms. The van der Waals surface area contributed by atoms with Gasteiger partial charge in [-0.25, -0.2) is 18.5 Å². The molecule has 0 bridgehead atoms. The van der Waals surface area contributed by atoms with Crippen molar-refractivity contribution in [2.75, 3.05) is 11.9 Å². The van der Waals surface area contributed by atoms with Gasteiger partial charge in [-0.1, -0.05) is 54.6 Å². The van der Waals surface area contributed by atoms with Crippen LogP contribution in [0.15, 0.2) is 77.8 Å². The Labute approximate surface area is 222 Å². The van der Waals surface area contributed by atoms with E-state index in [1.165, 1.54) is 24.3 Å². The second-order valence-corrected chi connectivity index (χ2v) is 9.16. The fourth-order valence-electron chi connectivity index (χ4n) is 4.74. The Hall–Kier alpha value is -4.86. The summed E-state index contributed by atoms with van der Waals surface area (Å²) in [5, 5.41) is 9.72. The van der Waals surface area contributed by atoms with Crippen molar-refractivity contribution in [3.05, 3.63) is 101 Å². The standard InChI is InChI=1S/C29H23F2N5O3/c30-20-13-5-4-11-18(20)25-22(29-36(35-25)15-6-7-16-39-29)27(37)34-26-28(38)33-24-19(12-8-14-21(24)31)23(32-26)17-9-2-1-3-10-17/h1-5,8-14,26H,6-7,15-16H2,(H,33,38)(H,34,37)/t26-/m1/s1. The van der Waals surface area contributed by atoms with Gasteiger partial charge in [-0.3, -0.25) is 9.59 Å². The molecule has 0 aliphatic carbocycles. The molecule has 196 valence electrons. The number of halogens is 2.